The first-order chi connectivity index (χ1) is 16.0. The molecule has 1 aliphatic rings. The van der Waals surface area contributed by atoms with Crippen molar-refractivity contribution in [2.45, 2.75) is 64.7 Å². The Morgan fingerprint density at radius 2 is 1.73 bits per heavy atom. The number of imidazole rings is 1. The highest BCUT2D eigenvalue weighted by atomic mass is 35.5. The lowest BCUT2D eigenvalue weighted by molar-refractivity contribution is 0.443. The second kappa shape index (κ2) is 9.23. The molecule has 0 spiro atoms. The number of hydrogen-bond acceptors (Lipinski definition) is 2. The predicted molar refractivity (Wildman–Crippen MR) is 138 cm³/mol. The minimum Gasteiger partial charge on any atom is -0.426 e. The molecule has 0 aliphatic heterocycles. The number of benzene rings is 3. The molecule has 1 N–H and O–H groups in total. The molecular formula is C29H31ClN2O. The van der Waals surface area contributed by atoms with Crippen LogP contribution in [0.4, 0.5) is 0 Å². The number of hydrogen-bond donors (Lipinski definition) is 1. The molecule has 0 radical (unpaired) electrons. The van der Waals surface area contributed by atoms with Gasteiger partial charge in [0.15, 0.2) is 0 Å². The Labute approximate surface area is 201 Å². The van der Waals surface area contributed by atoms with Crippen LogP contribution in [0.3, 0.4) is 0 Å². The van der Waals surface area contributed by atoms with Gasteiger partial charge in [-0.25, -0.2) is 0 Å². The van der Waals surface area contributed by atoms with E-state index < -0.39 is 0 Å². The van der Waals surface area contributed by atoms with Crippen molar-refractivity contribution in [1.29, 1.82) is 0 Å². The number of fused-ring (bicyclic) bond motifs is 1. The van der Waals surface area contributed by atoms with Gasteiger partial charge >= 0.3 is 0 Å². The first kappa shape index (κ1) is 22.0. The molecule has 1 heterocycles. The van der Waals surface area contributed by atoms with Crippen LogP contribution in [0.1, 0.15) is 74.5 Å². The largest absolute Gasteiger partial charge is 0.426 e. The zero-order chi connectivity index (χ0) is 22.9. The van der Waals surface area contributed by atoms with Crippen molar-refractivity contribution >= 4 is 22.6 Å². The van der Waals surface area contributed by atoms with Gasteiger partial charge in [0.1, 0.15) is 5.75 Å². The minimum atomic E-state index is 0.440. The Balaban J connectivity index is 1.41. The van der Waals surface area contributed by atoms with Gasteiger partial charge in [0.2, 0.25) is 0 Å². The van der Waals surface area contributed by atoms with Crippen LogP contribution < -0.4 is 4.74 Å². The predicted octanol–water partition coefficient (Wildman–Crippen LogP) is 9.16. The average Bonchev–Trinajstić information content (AvgIpc) is 3.21. The van der Waals surface area contributed by atoms with Gasteiger partial charge in [0, 0.05) is 5.56 Å². The van der Waals surface area contributed by atoms with Gasteiger partial charge in [0.25, 0.3) is 6.01 Å². The molecule has 5 rings (SSSR count). The fourth-order valence-corrected chi connectivity index (χ4v) is 5.34. The summed E-state index contributed by atoms with van der Waals surface area (Å²) in [5.41, 5.74) is 7.83. The average molecular weight is 459 g/mol. The maximum absolute atomic E-state index is 6.68. The molecule has 1 saturated carbocycles. The van der Waals surface area contributed by atoms with E-state index in [4.69, 9.17) is 16.3 Å². The normalized spacial score (nSPS) is 14.8. The number of H-pyrrole nitrogens is 1. The van der Waals surface area contributed by atoms with Crippen LogP contribution in [-0.4, -0.2) is 9.97 Å². The van der Waals surface area contributed by atoms with E-state index in [1.54, 1.807) is 0 Å². The second-order valence-corrected chi connectivity index (χ2v) is 10.0. The summed E-state index contributed by atoms with van der Waals surface area (Å²) in [6.07, 6.45) is 6.69. The Hall–Kier alpha value is -2.78. The summed E-state index contributed by atoms with van der Waals surface area (Å²) in [6.45, 7) is 6.52. The fraction of sp³-hybridized carbons (Fsp3) is 0.345. The van der Waals surface area contributed by atoms with Crippen molar-refractivity contribution in [3.05, 3.63) is 76.3 Å². The molecule has 3 nitrogen and oxygen atoms in total. The van der Waals surface area contributed by atoms with Crippen LogP contribution in [0.15, 0.2) is 54.6 Å². The number of halogens is 1. The van der Waals surface area contributed by atoms with Crippen molar-refractivity contribution in [1.82, 2.24) is 9.97 Å². The van der Waals surface area contributed by atoms with E-state index in [1.165, 1.54) is 48.8 Å². The summed E-state index contributed by atoms with van der Waals surface area (Å²) in [6, 6.07) is 19.6. The van der Waals surface area contributed by atoms with Gasteiger partial charge in [-0.05, 0) is 78.1 Å². The molecule has 0 saturated heterocycles. The first-order valence-corrected chi connectivity index (χ1v) is 12.4. The van der Waals surface area contributed by atoms with E-state index in [-0.39, 0.29) is 0 Å². The van der Waals surface area contributed by atoms with Crippen molar-refractivity contribution in [3.8, 4) is 22.9 Å². The molecule has 0 bridgehead atoms. The van der Waals surface area contributed by atoms with Crippen molar-refractivity contribution < 1.29 is 4.74 Å². The molecule has 170 valence electrons. The summed E-state index contributed by atoms with van der Waals surface area (Å²) in [4.78, 5) is 7.95. The van der Waals surface area contributed by atoms with Crippen molar-refractivity contribution in [2.75, 3.05) is 0 Å². The molecular weight excluding hydrogens is 428 g/mol. The lowest BCUT2D eigenvalue weighted by Crippen LogP contribution is -2.04. The Bertz CT molecular complexity index is 1270. The van der Waals surface area contributed by atoms with Crippen LogP contribution in [-0.2, 0) is 0 Å². The third kappa shape index (κ3) is 4.65. The standard InChI is InChI=1S/C29H31ClN2O/c1-18(2)24-15-23(14-9-19(24)3)33-29-31-27-16-25(26(30)17-28(27)32-29)22-12-10-21(11-13-22)20-7-5-4-6-8-20/h9-18,20H,4-8H2,1-3H3,(H,31,32). The van der Waals surface area contributed by atoms with Crippen LogP contribution in [0.2, 0.25) is 5.02 Å². The Morgan fingerprint density at radius 1 is 0.970 bits per heavy atom. The number of ether oxygens (including phenoxy) is 1. The van der Waals surface area contributed by atoms with Gasteiger partial charge in [-0.1, -0.05) is 75.0 Å². The van der Waals surface area contributed by atoms with Gasteiger partial charge in [0.05, 0.1) is 16.1 Å². The van der Waals surface area contributed by atoms with Crippen LogP contribution in [0.5, 0.6) is 11.8 Å². The van der Waals surface area contributed by atoms with Gasteiger partial charge in [-0.15, -0.1) is 0 Å². The lowest BCUT2D eigenvalue weighted by atomic mass is 9.84. The molecule has 1 aromatic heterocycles. The molecule has 33 heavy (non-hydrogen) atoms. The summed E-state index contributed by atoms with van der Waals surface area (Å²) >= 11 is 6.68. The molecule has 1 fully saturated rings. The van der Waals surface area contributed by atoms with Crippen LogP contribution in [0.25, 0.3) is 22.2 Å². The van der Waals surface area contributed by atoms with E-state index in [0.717, 1.165) is 27.9 Å². The lowest BCUT2D eigenvalue weighted by Gasteiger charge is -2.22. The minimum absolute atomic E-state index is 0.440. The second-order valence-electron chi connectivity index (χ2n) is 9.62. The Kier molecular flexibility index (Phi) is 6.16. The molecule has 3 aromatic carbocycles. The van der Waals surface area contributed by atoms with Gasteiger partial charge in [-0.2, -0.15) is 4.98 Å². The van der Waals surface area contributed by atoms with Crippen LogP contribution >= 0.6 is 11.6 Å². The zero-order valence-electron chi connectivity index (χ0n) is 19.6. The maximum Gasteiger partial charge on any atom is 0.300 e. The Morgan fingerprint density at radius 3 is 2.45 bits per heavy atom. The fourth-order valence-electron chi connectivity index (χ4n) is 5.06. The van der Waals surface area contributed by atoms with E-state index in [2.05, 4.69) is 67.1 Å². The summed E-state index contributed by atoms with van der Waals surface area (Å²) in [7, 11) is 0. The number of nitrogens with one attached hydrogen (secondary N) is 1. The van der Waals surface area contributed by atoms with Gasteiger partial charge in [-0.3, -0.25) is 0 Å². The molecule has 0 unspecified atom stereocenters. The topological polar surface area (TPSA) is 37.9 Å². The molecule has 0 atom stereocenters. The highest BCUT2D eigenvalue weighted by Crippen LogP contribution is 2.36. The highest BCUT2D eigenvalue weighted by Gasteiger charge is 2.16. The van der Waals surface area contributed by atoms with Crippen LogP contribution in [0, 0.1) is 6.92 Å². The number of aromatic amines is 1. The van der Waals surface area contributed by atoms with Crippen molar-refractivity contribution in [2.24, 2.45) is 0 Å². The van der Waals surface area contributed by atoms with E-state index >= 15 is 0 Å². The summed E-state index contributed by atoms with van der Waals surface area (Å²) in [5, 5.41) is 0.709. The third-order valence-electron chi connectivity index (χ3n) is 6.93. The number of aromatic nitrogens is 2. The number of nitrogens with zero attached hydrogens (tertiary/aromatic N) is 1. The zero-order valence-corrected chi connectivity index (χ0v) is 20.4. The van der Waals surface area contributed by atoms with E-state index in [1.807, 2.05) is 18.2 Å². The van der Waals surface area contributed by atoms with E-state index in [0.29, 0.717) is 22.9 Å². The highest BCUT2D eigenvalue weighted by molar-refractivity contribution is 6.34. The van der Waals surface area contributed by atoms with E-state index in [9.17, 15) is 0 Å². The first-order valence-electron chi connectivity index (χ1n) is 12.1. The summed E-state index contributed by atoms with van der Waals surface area (Å²) < 4.78 is 6.07. The molecule has 0 amide bonds. The SMILES string of the molecule is Cc1ccc(Oc2nc3cc(-c4ccc(C5CCCCC5)cc4)c(Cl)cc3[nH]2)cc1C(C)C. The number of rotatable bonds is 5. The maximum atomic E-state index is 6.68. The molecule has 4 heteroatoms. The summed E-state index contributed by atoms with van der Waals surface area (Å²) in [5.74, 6) is 1.93. The number of aryl methyl sites for hydroxylation is 1. The molecule has 1 aliphatic carbocycles. The molecule has 4 aromatic rings. The smallest absolute Gasteiger partial charge is 0.300 e. The van der Waals surface area contributed by atoms with Gasteiger partial charge < -0.3 is 9.72 Å². The monoisotopic (exact) mass is 458 g/mol. The van der Waals surface area contributed by atoms with Crippen molar-refractivity contribution in [3.63, 3.8) is 0 Å². The third-order valence-corrected chi connectivity index (χ3v) is 7.25. The quantitative estimate of drug-likeness (QED) is 0.323.